The third-order valence-electron chi connectivity index (χ3n) is 17.5. The smallest absolute Gasteiger partial charge is 0.179 e. The van der Waals surface area contributed by atoms with Gasteiger partial charge in [0.15, 0.2) is 8.07 Å². The minimum Gasteiger partial charge on any atom is -0.309 e. The topological polar surface area (TPSA) is 32.6 Å². The molecule has 0 atom stereocenters. The number of nitrogens with zero attached hydrogens (tertiary/aromatic N) is 5. The van der Waals surface area contributed by atoms with E-state index in [4.69, 9.17) is 4.98 Å². The number of pyridine rings is 1. The first kappa shape index (κ1) is 47.1. The van der Waals surface area contributed by atoms with Crippen molar-refractivity contribution in [2.75, 3.05) is 0 Å². The minimum atomic E-state index is -2.80. The molecule has 0 saturated carbocycles. The van der Waals surface area contributed by atoms with Crippen molar-refractivity contribution in [3.05, 3.63) is 309 Å². The lowest BCUT2D eigenvalue weighted by Crippen LogP contribution is -2.74. The van der Waals surface area contributed by atoms with Crippen LogP contribution in [0.25, 0.3) is 121 Å². The molecule has 83 heavy (non-hydrogen) atoms. The van der Waals surface area contributed by atoms with Crippen LogP contribution in [-0.2, 0) is 0 Å². The maximum absolute atomic E-state index is 5.80. The van der Waals surface area contributed by atoms with Crippen LogP contribution in [-0.4, -0.2) is 31.3 Å². The zero-order chi connectivity index (χ0) is 54.6. The van der Waals surface area contributed by atoms with E-state index in [1.165, 1.54) is 80.5 Å². The third-order valence-corrected chi connectivity index (χ3v) is 22.3. The SMILES string of the molecule is c1ccc([Si](c2ccccc2)(c2ccccc2)c2ccc(-c3cc(-n4c5ccccc5c5cc(-n6c7ccccc7c7ccccc76)ccc54)cc(-n4c5ccccc5c5cc(-n6c7ccccc7c7ccccc76)ccc54)n3)cc2)cc1. The fraction of sp³-hybridized carbons (Fsp3) is 0. The molecule has 17 aromatic rings. The van der Waals surface area contributed by atoms with Crippen LogP contribution >= 0.6 is 0 Å². The summed E-state index contributed by atoms with van der Waals surface area (Å²) in [6.45, 7) is 0. The Morgan fingerprint density at radius 3 is 0.916 bits per heavy atom. The molecule has 5 heterocycles. The number of rotatable bonds is 9. The third kappa shape index (κ3) is 7.10. The molecule has 17 rings (SSSR count). The van der Waals surface area contributed by atoms with Crippen LogP contribution in [0.3, 0.4) is 0 Å². The Balaban J connectivity index is 0.905. The summed E-state index contributed by atoms with van der Waals surface area (Å²) >= 11 is 0. The molecule has 12 aromatic carbocycles. The molecule has 5 aromatic heterocycles. The van der Waals surface area contributed by atoms with Gasteiger partial charge < -0.3 is 13.7 Å². The second kappa shape index (κ2) is 18.6. The number of hydrogen-bond donors (Lipinski definition) is 0. The second-order valence-corrected chi connectivity index (χ2v) is 25.7. The lowest BCUT2D eigenvalue weighted by atomic mass is 10.1. The first-order valence-electron chi connectivity index (χ1n) is 28.5. The van der Waals surface area contributed by atoms with Crippen LogP contribution in [0.4, 0.5) is 0 Å². The van der Waals surface area contributed by atoms with Gasteiger partial charge in [0, 0.05) is 66.1 Å². The highest BCUT2D eigenvalue weighted by Crippen LogP contribution is 2.41. The fourth-order valence-electron chi connectivity index (χ4n) is 14.0. The van der Waals surface area contributed by atoms with E-state index in [9.17, 15) is 0 Å². The van der Waals surface area contributed by atoms with Gasteiger partial charge in [0.05, 0.1) is 55.5 Å². The van der Waals surface area contributed by atoms with Gasteiger partial charge in [-0.3, -0.25) is 4.57 Å². The highest BCUT2D eigenvalue weighted by molar-refractivity contribution is 7.19. The van der Waals surface area contributed by atoms with Gasteiger partial charge in [0.25, 0.3) is 0 Å². The van der Waals surface area contributed by atoms with Crippen molar-refractivity contribution in [2.24, 2.45) is 0 Å². The summed E-state index contributed by atoms with van der Waals surface area (Å²) in [7, 11) is -2.80. The Morgan fingerprint density at radius 2 is 0.518 bits per heavy atom. The predicted molar refractivity (Wildman–Crippen MR) is 351 cm³/mol. The van der Waals surface area contributed by atoms with Gasteiger partial charge >= 0.3 is 0 Å². The number of aromatic nitrogens is 5. The molecule has 0 N–H and O–H groups in total. The fourth-order valence-corrected chi connectivity index (χ4v) is 18.7. The minimum absolute atomic E-state index is 0.840. The molecular formula is C77H51N5Si. The van der Waals surface area contributed by atoms with Gasteiger partial charge in [-0.2, -0.15) is 0 Å². The molecule has 0 aliphatic rings. The van der Waals surface area contributed by atoms with Gasteiger partial charge in [-0.1, -0.05) is 224 Å². The molecule has 0 aliphatic carbocycles. The van der Waals surface area contributed by atoms with Gasteiger partial charge in [0.2, 0.25) is 0 Å². The molecule has 0 amide bonds. The van der Waals surface area contributed by atoms with Gasteiger partial charge in [-0.25, -0.2) is 4.98 Å². The average molecular weight is 1070 g/mol. The summed E-state index contributed by atoms with van der Waals surface area (Å²) in [6, 6.07) is 114. The standard InChI is InChI=1S/C77H51N5Si/c1-4-22-56(23-5-1)83(57-24-6-2-7-25-57,58-26-8-3-9-27-58)59-44-40-52(41-45-59)68-50-55(81-73-38-20-14-32-64(73)66-48-53(42-46-75(66)81)79-69-34-16-10-28-60(69)61-29-11-17-35-70(61)79)51-77(78-68)82-74-39-21-15-33-65(74)67-49-54(43-47-76(67)82)80-71-36-18-12-30-62(71)63-31-13-19-37-72(63)80/h1-51H. The second-order valence-electron chi connectivity index (χ2n) is 21.8. The zero-order valence-electron chi connectivity index (χ0n) is 45.2. The number of benzene rings is 12. The van der Waals surface area contributed by atoms with Gasteiger partial charge in [-0.05, 0) is 99.6 Å². The van der Waals surface area contributed by atoms with E-state index in [1.54, 1.807) is 0 Å². The van der Waals surface area contributed by atoms with Crippen molar-refractivity contribution in [3.63, 3.8) is 0 Å². The summed E-state index contributed by atoms with van der Waals surface area (Å²) in [4.78, 5) is 5.80. The van der Waals surface area contributed by atoms with E-state index >= 15 is 0 Å². The Kier molecular flexibility index (Phi) is 10.6. The van der Waals surface area contributed by atoms with Crippen LogP contribution in [0.15, 0.2) is 309 Å². The summed E-state index contributed by atoms with van der Waals surface area (Å²) in [5.74, 6) is 0.840. The van der Waals surface area contributed by atoms with Gasteiger partial charge in [-0.15, -0.1) is 0 Å². The quantitative estimate of drug-likeness (QED) is 0.105. The van der Waals surface area contributed by atoms with Crippen LogP contribution in [0.5, 0.6) is 0 Å². The molecule has 0 unspecified atom stereocenters. The Bertz CT molecular complexity index is 4930. The average Bonchev–Trinajstić information content (AvgIpc) is 3.06. The summed E-state index contributed by atoms with van der Waals surface area (Å²) < 4.78 is 9.67. The molecule has 0 bridgehead atoms. The normalized spacial score (nSPS) is 12.1. The first-order chi connectivity index (χ1) is 41.2. The largest absolute Gasteiger partial charge is 0.309 e. The molecule has 0 aliphatic heterocycles. The molecule has 0 radical (unpaired) electrons. The van der Waals surface area contributed by atoms with Crippen molar-refractivity contribution < 1.29 is 0 Å². The van der Waals surface area contributed by atoms with Crippen molar-refractivity contribution in [3.8, 4) is 34.1 Å². The van der Waals surface area contributed by atoms with E-state index in [-0.39, 0.29) is 0 Å². The van der Waals surface area contributed by atoms with Crippen molar-refractivity contribution in [2.45, 2.75) is 0 Å². The van der Waals surface area contributed by atoms with E-state index in [0.717, 1.165) is 61.6 Å². The van der Waals surface area contributed by atoms with E-state index in [1.807, 2.05) is 0 Å². The lowest BCUT2D eigenvalue weighted by molar-refractivity contribution is 1.06. The van der Waals surface area contributed by atoms with E-state index < -0.39 is 8.07 Å². The molecule has 5 nitrogen and oxygen atoms in total. The molecule has 388 valence electrons. The summed E-state index contributed by atoms with van der Waals surface area (Å²) in [5.41, 5.74) is 14.4. The van der Waals surface area contributed by atoms with Crippen LogP contribution in [0, 0.1) is 0 Å². The number of hydrogen-bond acceptors (Lipinski definition) is 1. The molecule has 6 heteroatoms. The maximum Gasteiger partial charge on any atom is 0.179 e. The zero-order valence-corrected chi connectivity index (χ0v) is 46.2. The maximum atomic E-state index is 5.80. The summed E-state index contributed by atoms with van der Waals surface area (Å²) in [5, 5.41) is 15.0. The highest BCUT2D eigenvalue weighted by atomic mass is 28.3. The number of para-hydroxylation sites is 6. The summed E-state index contributed by atoms with van der Waals surface area (Å²) in [6.07, 6.45) is 0. The van der Waals surface area contributed by atoms with Crippen LogP contribution in [0.1, 0.15) is 0 Å². The van der Waals surface area contributed by atoms with Crippen molar-refractivity contribution >= 4 is 116 Å². The molecule has 0 saturated heterocycles. The molecular weight excluding hydrogens is 1020 g/mol. The van der Waals surface area contributed by atoms with E-state index in [2.05, 4.69) is 328 Å². The van der Waals surface area contributed by atoms with Crippen LogP contribution in [0.2, 0.25) is 0 Å². The van der Waals surface area contributed by atoms with E-state index in [0.29, 0.717) is 0 Å². The van der Waals surface area contributed by atoms with Crippen LogP contribution < -0.4 is 20.7 Å². The Morgan fingerprint density at radius 1 is 0.217 bits per heavy atom. The molecule has 0 fully saturated rings. The lowest BCUT2D eigenvalue weighted by Gasteiger charge is -2.34. The van der Waals surface area contributed by atoms with Crippen molar-refractivity contribution in [1.82, 2.24) is 23.3 Å². The van der Waals surface area contributed by atoms with Gasteiger partial charge in [0.1, 0.15) is 5.82 Å². The first-order valence-corrected chi connectivity index (χ1v) is 30.5. The Hall–Kier alpha value is -10.8. The monoisotopic (exact) mass is 1070 g/mol. The number of fused-ring (bicyclic) bond motifs is 12. The predicted octanol–water partition coefficient (Wildman–Crippen LogP) is 16.5. The van der Waals surface area contributed by atoms with Crippen molar-refractivity contribution in [1.29, 1.82) is 0 Å². The molecule has 0 spiro atoms. The Labute approximate surface area is 480 Å². The highest BCUT2D eigenvalue weighted by Gasteiger charge is 2.41.